The van der Waals surface area contributed by atoms with Crippen molar-refractivity contribution in [3.05, 3.63) is 53.3 Å². The van der Waals surface area contributed by atoms with Crippen molar-refractivity contribution in [2.45, 2.75) is 25.9 Å². The van der Waals surface area contributed by atoms with Gasteiger partial charge in [-0.2, -0.15) is 5.10 Å². The molecule has 128 valence electrons. The minimum atomic E-state index is 0.0619. The van der Waals surface area contributed by atoms with E-state index in [0.717, 1.165) is 25.9 Å². The molecule has 1 aliphatic rings. The molecule has 2 aromatic rings. The first-order valence-electron chi connectivity index (χ1n) is 8.43. The fourth-order valence-electron chi connectivity index (χ4n) is 3.56. The molecule has 3 rings (SSSR count). The van der Waals surface area contributed by atoms with Crippen LogP contribution in [0.3, 0.4) is 0 Å². The molecule has 1 aromatic heterocycles. The standard InChI is InChI=1S/C19H25N3O2/c1-14-5-4-6-15(9-14)10-16-13-22(8-7-18(16)24-3)19(23)17-11-20-21(2)12-17/h4-6,9,11-12,16,18H,7-8,10,13H2,1-3H3/t16-,18-/m0/s1. The van der Waals surface area contributed by atoms with Gasteiger partial charge in [0.25, 0.3) is 5.91 Å². The molecule has 1 aliphatic heterocycles. The van der Waals surface area contributed by atoms with Gasteiger partial charge in [0.2, 0.25) is 0 Å². The van der Waals surface area contributed by atoms with Crippen molar-refractivity contribution < 1.29 is 9.53 Å². The molecule has 5 heteroatoms. The molecule has 24 heavy (non-hydrogen) atoms. The van der Waals surface area contributed by atoms with E-state index in [1.165, 1.54) is 11.1 Å². The van der Waals surface area contributed by atoms with Crippen LogP contribution in [-0.4, -0.2) is 46.9 Å². The van der Waals surface area contributed by atoms with Crippen LogP contribution in [0.25, 0.3) is 0 Å². The SMILES string of the molecule is CO[C@H]1CCN(C(=O)c2cnn(C)c2)C[C@@H]1Cc1cccc(C)c1. The van der Waals surface area contributed by atoms with Crippen LogP contribution in [0.1, 0.15) is 27.9 Å². The highest BCUT2D eigenvalue weighted by Gasteiger charge is 2.32. The molecular weight excluding hydrogens is 302 g/mol. The fraction of sp³-hybridized carbons (Fsp3) is 0.474. The molecule has 0 spiro atoms. The van der Waals surface area contributed by atoms with Gasteiger partial charge in [-0.1, -0.05) is 29.8 Å². The maximum absolute atomic E-state index is 12.7. The Morgan fingerprint density at radius 1 is 1.42 bits per heavy atom. The third-order valence-corrected chi connectivity index (χ3v) is 4.79. The highest BCUT2D eigenvalue weighted by Crippen LogP contribution is 2.25. The van der Waals surface area contributed by atoms with E-state index in [0.29, 0.717) is 11.5 Å². The second-order valence-corrected chi connectivity index (χ2v) is 6.67. The molecule has 0 radical (unpaired) electrons. The highest BCUT2D eigenvalue weighted by molar-refractivity contribution is 5.93. The quantitative estimate of drug-likeness (QED) is 0.866. The predicted molar refractivity (Wildman–Crippen MR) is 92.9 cm³/mol. The molecule has 1 aromatic carbocycles. The predicted octanol–water partition coefficient (Wildman–Crippen LogP) is 2.45. The Morgan fingerprint density at radius 3 is 2.92 bits per heavy atom. The van der Waals surface area contributed by atoms with Crippen LogP contribution in [0, 0.1) is 12.8 Å². The molecular formula is C19H25N3O2. The molecule has 0 unspecified atom stereocenters. The van der Waals surface area contributed by atoms with Gasteiger partial charge in [-0.25, -0.2) is 0 Å². The molecule has 5 nitrogen and oxygen atoms in total. The molecule has 2 atom stereocenters. The number of carbonyl (C=O) groups is 1. The van der Waals surface area contributed by atoms with E-state index in [4.69, 9.17) is 4.74 Å². The number of amides is 1. The third kappa shape index (κ3) is 3.67. The average Bonchev–Trinajstić information content (AvgIpc) is 3.00. The van der Waals surface area contributed by atoms with E-state index >= 15 is 0 Å². The number of aromatic nitrogens is 2. The Bertz CT molecular complexity index is 710. The lowest BCUT2D eigenvalue weighted by Gasteiger charge is -2.38. The first-order chi connectivity index (χ1) is 11.6. The first-order valence-corrected chi connectivity index (χ1v) is 8.43. The number of carbonyl (C=O) groups excluding carboxylic acids is 1. The average molecular weight is 327 g/mol. The van der Waals surface area contributed by atoms with E-state index in [2.05, 4.69) is 36.3 Å². The second kappa shape index (κ2) is 7.18. The van der Waals surface area contributed by atoms with Crippen molar-refractivity contribution in [3.63, 3.8) is 0 Å². The Morgan fingerprint density at radius 2 is 2.25 bits per heavy atom. The number of benzene rings is 1. The summed E-state index contributed by atoms with van der Waals surface area (Å²) in [7, 11) is 3.60. The number of likely N-dealkylation sites (tertiary alicyclic amines) is 1. The molecule has 1 fully saturated rings. The van der Waals surface area contributed by atoms with Gasteiger partial charge in [-0.3, -0.25) is 9.48 Å². The lowest BCUT2D eigenvalue weighted by Crippen LogP contribution is -2.47. The van der Waals surface area contributed by atoms with E-state index < -0.39 is 0 Å². The van der Waals surface area contributed by atoms with Gasteiger partial charge >= 0.3 is 0 Å². The summed E-state index contributed by atoms with van der Waals surface area (Å²) in [5.74, 6) is 0.373. The van der Waals surface area contributed by atoms with Crippen LogP contribution >= 0.6 is 0 Å². The lowest BCUT2D eigenvalue weighted by molar-refractivity contribution is -0.00300. The monoisotopic (exact) mass is 327 g/mol. The first kappa shape index (κ1) is 16.7. The molecule has 1 saturated heterocycles. The van der Waals surface area contributed by atoms with Gasteiger partial charge in [0.1, 0.15) is 0 Å². The van der Waals surface area contributed by atoms with Crippen LogP contribution < -0.4 is 0 Å². The fourth-order valence-corrected chi connectivity index (χ4v) is 3.56. The van der Waals surface area contributed by atoms with Crippen LogP contribution in [0.5, 0.6) is 0 Å². The van der Waals surface area contributed by atoms with Crippen LogP contribution in [0.4, 0.5) is 0 Å². The zero-order chi connectivity index (χ0) is 17.1. The second-order valence-electron chi connectivity index (χ2n) is 6.67. The minimum absolute atomic E-state index is 0.0619. The maximum atomic E-state index is 12.7. The summed E-state index contributed by atoms with van der Waals surface area (Å²) in [6.07, 6.45) is 5.42. The Kier molecular flexibility index (Phi) is 5.00. The van der Waals surface area contributed by atoms with Gasteiger partial charge in [-0.05, 0) is 25.3 Å². The van der Waals surface area contributed by atoms with Crippen molar-refractivity contribution in [2.24, 2.45) is 13.0 Å². The summed E-state index contributed by atoms with van der Waals surface area (Å²) in [6, 6.07) is 8.57. The van der Waals surface area contributed by atoms with Gasteiger partial charge in [-0.15, -0.1) is 0 Å². The van der Waals surface area contributed by atoms with E-state index in [1.54, 1.807) is 24.2 Å². The van der Waals surface area contributed by atoms with Crippen LogP contribution in [0.15, 0.2) is 36.7 Å². The normalized spacial score (nSPS) is 21.0. The summed E-state index contributed by atoms with van der Waals surface area (Å²) in [5, 5.41) is 4.10. The molecule has 2 heterocycles. The minimum Gasteiger partial charge on any atom is -0.381 e. The van der Waals surface area contributed by atoms with Crippen molar-refractivity contribution in [3.8, 4) is 0 Å². The van der Waals surface area contributed by atoms with Crippen LogP contribution in [0.2, 0.25) is 0 Å². The molecule has 0 N–H and O–H groups in total. The molecule has 0 bridgehead atoms. The number of nitrogens with zero attached hydrogens (tertiary/aromatic N) is 3. The zero-order valence-corrected chi connectivity index (χ0v) is 14.6. The number of rotatable bonds is 4. The Hall–Kier alpha value is -2.14. The lowest BCUT2D eigenvalue weighted by atomic mass is 9.88. The number of hydrogen-bond acceptors (Lipinski definition) is 3. The van der Waals surface area contributed by atoms with E-state index in [-0.39, 0.29) is 12.0 Å². The number of aryl methyl sites for hydroxylation is 2. The van der Waals surface area contributed by atoms with Gasteiger partial charge < -0.3 is 9.64 Å². The number of ether oxygens (including phenoxy) is 1. The summed E-state index contributed by atoms with van der Waals surface area (Å²) in [4.78, 5) is 14.6. The number of methoxy groups -OCH3 is 1. The molecule has 1 amide bonds. The van der Waals surface area contributed by atoms with Crippen LogP contribution in [-0.2, 0) is 18.2 Å². The molecule has 0 aliphatic carbocycles. The van der Waals surface area contributed by atoms with Crippen molar-refractivity contribution in [2.75, 3.05) is 20.2 Å². The largest absolute Gasteiger partial charge is 0.381 e. The molecule has 0 saturated carbocycles. The number of piperidine rings is 1. The van der Waals surface area contributed by atoms with Crippen molar-refractivity contribution in [1.82, 2.24) is 14.7 Å². The zero-order valence-electron chi connectivity index (χ0n) is 14.6. The summed E-state index contributed by atoms with van der Waals surface area (Å²) in [5.41, 5.74) is 3.22. The van der Waals surface area contributed by atoms with Gasteiger partial charge in [0, 0.05) is 39.4 Å². The van der Waals surface area contributed by atoms with Gasteiger partial charge in [0.15, 0.2) is 0 Å². The van der Waals surface area contributed by atoms with Crippen molar-refractivity contribution in [1.29, 1.82) is 0 Å². The summed E-state index contributed by atoms with van der Waals surface area (Å²) >= 11 is 0. The topological polar surface area (TPSA) is 47.4 Å². The smallest absolute Gasteiger partial charge is 0.257 e. The summed E-state index contributed by atoms with van der Waals surface area (Å²) in [6.45, 7) is 3.56. The van der Waals surface area contributed by atoms with Gasteiger partial charge in [0.05, 0.1) is 17.9 Å². The highest BCUT2D eigenvalue weighted by atomic mass is 16.5. The Labute approximate surface area is 143 Å². The Balaban J connectivity index is 1.73. The van der Waals surface area contributed by atoms with E-state index in [1.807, 2.05) is 11.9 Å². The third-order valence-electron chi connectivity index (χ3n) is 4.79. The number of hydrogen-bond donors (Lipinski definition) is 0. The maximum Gasteiger partial charge on any atom is 0.257 e. The van der Waals surface area contributed by atoms with E-state index in [9.17, 15) is 4.79 Å². The summed E-state index contributed by atoms with van der Waals surface area (Å²) < 4.78 is 7.36. The van der Waals surface area contributed by atoms with Crippen molar-refractivity contribution >= 4 is 5.91 Å².